The highest BCUT2D eigenvalue weighted by atomic mass is 35.5. The molecule has 1 aromatic carbocycles. The lowest BCUT2D eigenvalue weighted by molar-refractivity contribution is -0.132. The van der Waals surface area contributed by atoms with Crippen molar-refractivity contribution in [2.45, 2.75) is 31.8 Å². The standard InChI is InChI=1S/C16H20N4O3.ClH/c17-11-4-3-8-19(10-11)14(21)7-9-20-16(23)13-6-2-1-5-12(13)15(22)18-20;/h1-2,5-6,11H,3-4,7-10,17H2,(H,18,22);1H. The van der Waals surface area contributed by atoms with Gasteiger partial charge in [0.05, 0.1) is 17.3 Å². The molecule has 2 heterocycles. The fourth-order valence-electron chi connectivity index (χ4n) is 3.01. The summed E-state index contributed by atoms with van der Waals surface area (Å²) in [6, 6.07) is 6.68. The van der Waals surface area contributed by atoms with Crippen LogP contribution < -0.4 is 16.9 Å². The van der Waals surface area contributed by atoms with Crippen molar-refractivity contribution in [3.05, 3.63) is 45.0 Å². The van der Waals surface area contributed by atoms with Gasteiger partial charge in [-0.1, -0.05) is 12.1 Å². The van der Waals surface area contributed by atoms with Gasteiger partial charge in [0.15, 0.2) is 0 Å². The zero-order valence-corrected chi connectivity index (χ0v) is 14.1. The van der Waals surface area contributed by atoms with Gasteiger partial charge in [0, 0.05) is 25.6 Å². The van der Waals surface area contributed by atoms with Gasteiger partial charge in [0.2, 0.25) is 5.91 Å². The van der Waals surface area contributed by atoms with Crippen LogP contribution in [0.15, 0.2) is 33.9 Å². The monoisotopic (exact) mass is 352 g/mol. The van der Waals surface area contributed by atoms with Crippen LogP contribution in [0.1, 0.15) is 19.3 Å². The van der Waals surface area contributed by atoms with Gasteiger partial charge >= 0.3 is 0 Å². The first-order valence-corrected chi connectivity index (χ1v) is 7.81. The Bertz CT molecular complexity index is 845. The Hall–Kier alpha value is -2.12. The van der Waals surface area contributed by atoms with Gasteiger partial charge in [0.25, 0.3) is 11.1 Å². The van der Waals surface area contributed by atoms with Crippen LogP contribution in [0, 0.1) is 0 Å². The Morgan fingerprint density at radius 2 is 1.96 bits per heavy atom. The number of hydrogen-bond donors (Lipinski definition) is 2. The molecule has 0 spiro atoms. The minimum Gasteiger partial charge on any atom is -0.341 e. The number of carbonyl (C=O) groups excluding carboxylic acids is 1. The van der Waals surface area contributed by atoms with Crippen LogP contribution in [-0.4, -0.2) is 39.7 Å². The first-order valence-electron chi connectivity index (χ1n) is 7.81. The molecule has 1 saturated heterocycles. The second-order valence-corrected chi connectivity index (χ2v) is 5.94. The molecule has 2 aromatic rings. The Labute approximate surface area is 144 Å². The third-order valence-electron chi connectivity index (χ3n) is 4.24. The van der Waals surface area contributed by atoms with Crippen molar-refractivity contribution in [2.24, 2.45) is 5.73 Å². The third kappa shape index (κ3) is 3.68. The number of piperidine rings is 1. The molecule has 3 N–H and O–H groups in total. The SMILES string of the molecule is Cl.NC1CCCN(C(=O)CCn2[nH]c(=O)c3ccccc3c2=O)C1. The highest BCUT2D eigenvalue weighted by molar-refractivity contribution is 5.85. The molecular formula is C16H21ClN4O3. The highest BCUT2D eigenvalue weighted by Crippen LogP contribution is 2.10. The van der Waals surface area contributed by atoms with Crippen molar-refractivity contribution in [1.29, 1.82) is 0 Å². The molecule has 0 radical (unpaired) electrons. The van der Waals surface area contributed by atoms with Crippen LogP contribution in [0.2, 0.25) is 0 Å². The highest BCUT2D eigenvalue weighted by Gasteiger charge is 2.21. The van der Waals surface area contributed by atoms with E-state index in [1.165, 1.54) is 4.68 Å². The average molecular weight is 353 g/mol. The number of nitrogens with one attached hydrogen (secondary N) is 1. The van der Waals surface area contributed by atoms with Crippen molar-refractivity contribution in [2.75, 3.05) is 13.1 Å². The molecule has 3 rings (SSSR count). The average Bonchev–Trinajstić information content (AvgIpc) is 2.56. The number of likely N-dealkylation sites (tertiary alicyclic amines) is 1. The molecule has 1 fully saturated rings. The van der Waals surface area contributed by atoms with Gasteiger partial charge in [-0.3, -0.25) is 19.5 Å². The molecule has 1 unspecified atom stereocenters. The minimum atomic E-state index is -0.326. The predicted molar refractivity (Wildman–Crippen MR) is 94.5 cm³/mol. The van der Waals surface area contributed by atoms with Crippen molar-refractivity contribution in [3.8, 4) is 0 Å². The number of H-pyrrole nitrogens is 1. The van der Waals surface area contributed by atoms with Crippen LogP contribution in [0.25, 0.3) is 10.8 Å². The van der Waals surface area contributed by atoms with Crippen molar-refractivity contribution in [1.82, 2.24) is 14.7 Å². The van der Waals surface area contributed by atoms with E-state index in [1.54, 1.807) is 29.2 Å². The van der Waals surface area contributed by atoms with Crippen LogP contribution in [0.4, 0.5) is 0 Å². The number of carbonyl (C=O) groups is 1. The summed E-state index contributed by atoms with van der Waals surface area (Å²) in [7, 11) is 0. The number of amides is 1. The smallest absolute Gasteiger partial charge is 0.273 e. The number of benzene rings is 1. The maximum Gasteiger partial charge on any atom is 0.273 e. The Kier molecular flexibility index (Phi) is 5.80. The molecular weight excluding hydrogens is 332 g/mol. The summed E-state index contributed by atoms with van der Waals surface area (Å²) in [5, 5.41) is 3.27. The van der Waals surface area contributed by atoms with Crippen LogP contribution in [0.5, 0.6) is 0 Å². The summed E-state index contributed by atoms with van der Waals surface area (Å²) in [6.07, 6.45) is 2.00. The molecule has 130 valence electrons. The van der Waals surface area contributed by atoms with Crippen molar-refractivity contribution >= 4 is 29.1 Å². The maximum absolute atomic E-state index is 12.4. The molecule has 1 aliphatic heterocycles. The minimum absolute atomic E-state index is 0. The lowest BCUT2D eigenvalue weighted by Crippen LogP contribution is -2.46. The fourth-order valence-corrected chi connectivity index (χ4v) is 3.01. The third-order valence-corrected chi connectivity index (χ3v) is 4.24. The zero-order chi connectivity index (χ0) is 16.4. The number of aryl methyl sites for hydroxylation is 1. The van der Waals surface area contributed by atoms with Gasteiger partial charge in [-0.05, 0) is 25.0 Å². The van der Waals surface area contributed by atoms with Gasteiger partial charge in [-0.2, -0.15) is 0 Å². The molecule has 24 heavy (non-hydrogen) atoms. The van der Waals surface area contributed by atoms with E-state index in [-0.39, 0.29) is 48.4 Å². The lowest BCUT2D eigenvalue weighted by atomic mass is 10.1. The molecule has 0 aliphatic carbocycles. The second kappa shape index (κ2) is 7.63. The normalized spacial score (nSPS) is 17.5. The summed E-state index contributed by atoms with van der Waals surface area (Å²) < 4.78 is 1.21. The quantitative estimate of drug-likeness (QED) is 0.837. The van der Waals surface area contributed by atoms with E-state index in [4.69, 9.17) is 5.73 Å². The number of fused-ring (bicyclic) bond motifs is 1. The Morgan fingerprint density at radius 3 is 2.67 bits per heavy atom. The number of hydrogen-bond acceptors (Lipinski definition) is 4. The summed E-state index contributed by atoms with van der Waals surface area (Å²) >= 11 is 0. The number of aromatic amines is 1. The summed E-state index contributed by atoms with van der Waals surface area (Å²) in [4.78, 5) is 38.4. The van der Waals surface area contributed by atoms with Crippen molar-refractivity contribution in [3.63, 3.8) is 0 Å². The summed E-state index contributed by atoms with van der Waals surface area (Å²) in [5.41, 5.74) is 5.26. The molecule has 1 aliphatic rings. The number of aromatic nitrogens is 2. The molecule has 0 saturated carbocycles. The summed E-state index contributed by atoms with van der Waals surface area (Å²) in [6.45, 7) is 1.42. The van der Waals surface area contributed by atoms with Gasteiger partial charge in [0.1, 0.15) is 0 Å². The number of rotatable bonds is 3. The van der Waals surface area contributed by atoms with Crippen LogP contribution in [0.3, 0.4) is 0 Å². The van der Waals surface area contributed by atoms with Gasteiger partial charge in [-0.15, -0.1) is 12.4 Å². The largest absolute Gasteiger partial charge is 0.341 e. The molecule has 1 aromatic heterocycles. The number of halogens is 1. The molecule has 1 amide bonds. The van der Waals surface area contributed by atoms with Gasteiger partial charge in [-0.25, -0.2) is 4.68 Å². The van der Waals surface area contributed by atoms with Crippen molar-refractivity contribution < 1.29 is 4.79 Å². The summed E-state index contributed by atoms with van der Waals surface area (Å²) in [5.74, 6) is -0.0407. The fraction of sp³-hybridized carbons (Fsp3) is 0.438. The molecule has 1 atom stereocenters. The second-order valence-electron chi connectivity index (χ2n) is 5.94. The van der Waals surface area contributed by atoms with E-state index in [9.17, 15) is 14.4 Å². The van der Waals surface area contributed by atoms with E-state index in [0.717, 1.165) is 12.8 Å². The topological polar surface area (TPSA) is 101 Å². The first kappa shape index (κ1) is 18.2. The van der Waals surface area contributed by atoms with Crippen LogP contribution in [-0.2, 0) is 11.3 Å². The van der Waals surface area contributed by atoms with Gasteiger partial charge < -0.3 is 10.6 Å². The van der Waals surface area contributed by atoms with E-state index >= 15 is 0 Å². The molecule has 8 heteroatoms. The lowest BCUT2D eigenvalue weighted by Gasteiger charge is -2.30. The van der Waals surface area contributed by atoms with E-state index in [0.29, 0.717) is 23.9 Å². The number of nitrogens with zero attached hydrogens (tertiary/aromatic N) is 2. The van der Waals surface area contributed by atoms with Crippen LogP contribution >= 0.6 is 12.4 Å². The Balaban J connectivity index is 0.00000208. The first-order chi connectivity index (χ1) is 11.1. The predicted octanol–water partition coefficient (Wildman–Crippen LogP) is 0.451. The Morgan fingerprint density at radius 1 is 1.25 bits per heavy atom. The maximum atomic E-state index is 12.4. The number of nitrogens with two attached hydrogens (primary N) is 1. The molecule has 0 bridgehead atoms. The van der Waals surface area contributed by atoms with E-state index < -0.39 is 0 Å². The van der Waals surface area contributed by atoms with E-state index in [2.05, 4.69) is 5.10 Å². The molecule has 7 nitrogen and oxygen atoms in total. The zero-order valence-electron chi connectivity index (χ0n) is 13.2. The van der Waals surface area contributed by atoms with E-state index in [1.807, 2.05) is 0 Å².